The van der Waals surface area contributed by atoms with Crippen LogP contribution in [0, 0.1) is 11.7 Å². The zero-order valence-electron chi connectivity index (χ0n) is 20.8. The molecule has 0 radical (unpaired) electrons. The Labute approximate surface area is 205 Å². The zero-order valence-corrected chi connectivity index (χ0v) is 21.6. The molecule has 1 N–H and O–H groups in total. The van der Waals surface area contributed by atoms with E-state index in [2.05, 4.69) is 18.3 Å². The lowest BCUT2D eigenvalue weighted by atomic mass is 9.92. The van der Waals surface area contributed by atoms with Crippen molar-refractivity contribution in [2.45, 2.75) is 39.0 Å². The number of carbonyl (C=O) groups excluding carboxylic acids is 1. The summed E-state index contributed by atoms with van der Waals surface area (Å²) in [6, 6.07) is 12.4. The quantitative estimate of drug-likeness (QED) is 0.463. The van der Waals surface area contributed by atoms with Crippen molar-refractivity contribution < 1.29 is 13.4 Å². The van der Waals surface area contributed by atoms with Gasteiger partial charge in [0, 0.05) is 35.0 Å². The SMILES string of the molecule is CCNCCCN(CC)C(=O)C(C)C1=C(C)/C(=C/c2ccc(S(C)=O)cc2)c2ccc(F)cc21. The molecule has 0 fully saturated rings. The lowest BCUT2D eigenvalue weighted by molar-refractivity contribution is -0.133. The number of nitrogens with zero attached hydrogens (tertiary/aromatic N) is 1. The third-order valence-electron chi connectivity index (χ3n) is 6.42. The van der Waals surface area contributed by atoms with Crippen molar-refractivity contribution >= 4 is 33.9 Å². The van der Waals surface area contributed by atoms with Crippen LogP contribution in [0.15, 0.2) is 52.9 Å². The van der Waals surface area contributed by atoms with Crippen molar-refractivity contribution in [3.05, 3.63) is 70.5 Å². The lowest BCUT2D eigenvalue weighted by Crippen LogP contribution is -2.37. The number of fused-ring (bicyclic) bond motifs is 1. The predicted molar refractivity (Wildman–Crippen MR) is 140 cm³/mol. The molecule has 2 aromatic rings. The van der Waals surface area contributed by atoms with Gasteiger partial charge in [0.1, 0.15) is 5.82 Å². The second-order valence-corrected chi connectivity index (χ2v) is 10.0. The fourth-order valence-electron chi connectivity index (χ4n) is 4.58. The van der Waals surface area contributed by atoms with E-state index < -0.39 is 10.8 Å². The molecular formula is C28H35FN2O2S. The Hall–Kier alpha value is -2.57. The van der Waals surface area contributed by atoms with E-state index in [4.69, 9.17) is 0 Å². The van der Waals surface area contributed by atoms with Crippen LogP contribution in [0.4, 0.5) is 4.39 Å². The van der Waals surface area contributed by atoms with Crippen LogP contribution in [-0.2, 0) is 15.6 Å². The predicted octanol–water partition coefficient (Wildman–Crippen LogP) is 5.38. The van der Waals surface area contributed by atoms with E-state index in [0.29, 0.717) is 13.1 Å². The molecule has 0 aliphatic heterocycles. The molecular weight excluding hydrogens is 447 g/mol. The summed E-state index contributed by atoms with van der Waals surface area (Å²) in [4.78, 5) is 16.1. The maximum atomic E-state index is 14.3. The average molecular weight is 483 g/mol. The molecule has 1 amide bonds. The highest BCUT2D eigenvalue weighted by Crippen LogP contribution is 2.46. The van der Waals surface area contributed by atoms with Crippen LogP contribution in [-0.4, -0.2) is 47.5 Å². The number of rotatable bonds is 10. The molecule has 2 atom stereocenters. The number of allylic oxidation sites excluding steroid dienone is 2. The fraction of sp³-hybridized carbons (Fsp3) is 0.393. The van der Waals surface area contributed by atoms with E-state index in [1.807, 2.05) is 49.9 Å². The first-order valence-electron chi connectivity index (χ1n) is 11.9. The molecule has 2 aromatic carbocycles. The summed E-state index contributed by atoms with van der Waals surface area (Å²) in [7, 11) is -1.03. The zero-order chi connectivity index (χ0) is 24.8. The van der Waals surface area contributed by atoms with Gasteiger partial charge >= 0.3 is 0 Å². The smallest absolute Gasteiger partial charge is 0.229 e. The van der Waals surface area contributed by atoms with Crippen LogP contribution in [0.3, 0.4) is 0 Å². The van der Waals surface area contributed by atoms with Crippen molar-refractivity contribution in [3.8, 4) is 0 Å². The third kappa shape index (κ3) is 5.73. The highest BCUT2D eigenvalue weighted by molar-refractivity contribution is 7.84. The normalized spacial score (nSPS) is 16.0. The van der Waals surface area contributed by atoms with Gasteiger partial charge in [0.05, 0.1) is 5.92 Å². The number of halogens is 1. The number of carbonyl (C=O) groups is 1. The summed E-state index contributed by atoms with van der Waals surface area (Å²) in [5.41, 5.74) is 5.57. The van der Waals surface area contributed by atoms with Gasteiger partial charge in [-0.15, -0.1) is 0 Å². The molecule has 0 bridgehead atoms. The van der Waals surface area contributed by atoms with Gasteiger partial charge in [0.25, 0.3) is 0 Å². The Morgan fingerprint density at radius 1 is 1.15 bits per heavy atom. The largest absolute Gasteiger partial charge is 0.342 e. The number of hydrogen-bond donors (Lipinski definition) is 1. The topological polar surface area (TPSA) is 49.4 Å². The number of benzene rings is 2. The lowest BCUT2D eigenvalue weighted by Gasteiger charge is -2.26. The van der Waals surface area contributed by atoms with Gasteiger partial charge in [-0.25, -0.2) is 4.39 Å². The maximum absolute atomic E-state index is 14.3. The molecule has 2 unspecified atom stereocenters. The molecule has 0 spiro atoms. The average Bonchev–Trinajstić information content (AvgIpc) is 3.09. The fourth-order valence-corrected chi connectivity index (χ4v) is 5.10. The monoisotopic (exact) mass is 482 g/mol. The van der Waals surface area contributed by atoms with Crippen LogP contribution in [0.2, 0.25) is 0 Å². The van der Waals surface area contributed by atoms with Crippen LogP contribution in [0.5, 0.6) is 0 Å². The molecule has 0 aromatic heterocycles. The van der Waals surface area contributed by atoms with Crippen LogP contribution in [0.1, 0.15) is 50.8 Å². The minimum absolute atomic E-state index is 0.0691. The summed E-state index contributed by atoms with van der Waals surface area (Å²) in [6.07, 6.45) is 4.62. The van der Waals surface area contributed by atoms with E-state index in [0.717, 1.165) is 57.8 Å². The highest BCUT2D eigenvalue weighted by Gasteiger charge is 2.32. The molecule has 1 aliphatic rings. The van der Waals surface area contributed by atoms with Gasteiger partial charge in [0.2, 0.25) is 5.91 Å². The Balaban J connectivity index is 1.97. The van der Waals surface area contributed by atoms with Gasteiger partial charge in [-0.2, -0.15) is 0 Å². The number of hydrogen-bond acceptors (Lipinski definition) is 3. The van der Waals surface area contributed by atoms with E-state index in [-0.39, 0.29) is 17.6 Å². The summed E-state index contributed by atoms with van der Waals surface area (Å²) in [6.45, 7) is 11.1. The summed E-state index contributed by atoms with van der Waals surface area (Å²) in [5, 5.41) is 3.30. The first-order chi connectivity index (χ1) is 16.3. The molecule has 0 saturated heterocycles. The van der Waals surface area contributed by atoms with Crippen LogP contribution in [0.25, 0.3) is 17.2 Å². The molecule has 1 aliphatic carbocycles. The van der Waals surface area contributed by atoms with Gasteiger partial charge in [0.15, 0.2) is 0 Å². The van der Waals surface area contributed by atoms with Crippen LogP contribution >= 0.6 is 0 Å². The van der Waals surface area contributed by atoms with Gasteiger partial charge in [-0.1, -0.05) is 25.1 Å². The highest BCUT2D eigenvalue weighted by atomic mass is 32.2. The van der Waals surface area contributed by atoms with Crippen LogP contribution < -0.4 is 5.32 Å². The Morgan fingerprint density at radius 3 is 2.47 bits per heavy atom. The third-order valence-corrected chi connectivity index (χ3v) is 7.36. The first kappa shape index (κ1) is 26.0. The van der Waals surface area contributed by atoms with Crippen molar-refractivity contribution in [2.75, 3.05) is 32.4 Å². The summed E-state index contributed by atoms with van der Waals surface area (Å²) < 4.78 is 26.0. The van der Waals surface area contributed by atoms with E-state index >= 15 is 0 Å². The number of amides is 1. The second kappa shape index (κ2) is 11.7. The molecule has 182 valence electrons. The maximum Gasteiger partial charge on any atom is 0.229 e. The molecule has 3 rings (SSSR count). The van der Waals surface area contributed by atoms with E-state index in [9.17, 15) is 13.4 Å². The molecule has 0 saturated carbocycles. The molecule has 0 heterocycles. The van der Waals surface area contributed by atoms with Crippen molar-refractivity contribution in [1.29, 1.82) is 0 Å². The Kier molecular flexibility index (Phi) is 8.97. The number of nitrogens with one attached hydrogen (secondary N) is 1. The van der Waals surface area contributed by atoms with Gasteiger partial charge < -0.3 is 10.2 Å². The summed E-state index contributed by atoms with van der Waals surface area (Å²) >= 11 is 0. The standard InChI is InChI=1S/C28H35FN2O2S/c1-6-30-15-8-16-31(7-2)28(32)20(4)27-19(3)25(24-14-11-22(29)18-26(24)27)17-21-9-12-23(13-10-21)34(5)33/h9-14,17-18,20,30H,6-8,15-16H2,1-5H3/b25-17-. The Morgan fingerprint density at radius 2 is 1.85 bits per heavy atom. The van der Waals surface area contributed by atoms with Crippen molar-refractivity contribution in [1.82, 2.24) is 10.2 Å². The second-order valence-electron chi connectivity index (χ2n) is 8.66. The molecule has 6 heteroatoms. The van der Waals surface area contributed by atoms with Crippen molar-refractivity contribution in [2.24, 2.45) is 5.92 Å². The first-order valence-corrected chi connectivity index (χ1v) is 13.5. The van der Waals surface area contributed by atoms with E-state index in [1.165, 1.54) is 6.07 Å². The minimum atomic E-state index is -1.03. The van der Waals surface area contributed by atoms with E-state index in [1.54, 1.807) is 18.4 Å². The summed E-state index contributed by atoms with van der Waals surface area (Å²) in [5.74, 6) is -0.618. The van der Waals surface area contributed by atoms with Crippen molar-refractivity contribution in [3.63, 3.8) is 0 Å². The Bertz CT molecular complexity index is 1120. The van der Waals surface area contributed by atoms with Gasteiger partial charge in [-0.05, 0) is 104 Å². The van der Waals surface area contributed by atoms with Gasteiger partial charge in [-0.3, -0.25) is 9.00 Å². The minimum Gasteiger partial charge on any atom is -0.342 e. The molecule has 4 nitrogen and oxygen atoms in total. The molecule has 34 heavy (non-hydrogen) atoms.